The van der Waals surface area contributed by atoms with Crippen LogP contribution in [0.25, 0.3) is 0 Å². The summed E-state index contributed by atoms with van der Waals surface area (Å²) in [5, 5.41) is 3.32. The third-order valence-corrected chi connectivity index (χ3v) is 3.83. The molecule has 0 radical (unpaired) electrons. The number of benzene rings is 1. The van der Waals surface area contributed by atoms with Crippen LogP contribution in [0.4, 0.5) is 0 Å². The molecule has 0 saturated carbocycles. The van der Waals surface area contributed by atoms with Crippen molar-refractivity contribution in [3.05, 3.63) is 53.6 Å². The predicted octanol–water partition coefficient (Wildman–Crippen LogP) is 2.74. The molecule has 0 fully saturated rings. The molecule has 1 atom stereocenters. The molecule has 0 aliphatic rings. The van der Waals surface area contributed by atoms with Crippen LogP contribution in [0.2, 0.25) is 0 Å². The van der Waals surface area contributed by atoms with Crippen LogP contribution in [-0.4, -0.2) is 23.1 Å². The average Bonchev–Trinajstić information content (AvgIpc) is 2.84. The van der Waals surface area contributed by atoms with Gasteiger partial charge in [-0.05, 0) is 44.8 Å². The standard InChI is InChI=1S/C17H25N3/c1-14-4-6-15(7-5-14)12-16(13-18-2)8-9-17-19-10-11-20(17)3/h4-7,10-11,16,18H,8-9,12-13H2,1-3H3. The van der Waals surface area contributed by atoms with Crippen molar-refractivity contribution in [2.45, 2.75) is 26.2 Å². The minimum atomic E-state index is 0.652. The van der Waals surface area contributed by atoms with Crippen LogP contribution in [0.1, 0.15) is 23.4 Å². The summed E-state index contributed by atoms with van der Waals surface area (Å²) in [4.78, 5) is 4.41. The van der Waals surface area contributed by atoms with Gasteiger partial charge in [-0.1, -0.05) is 29.8 Å². The fraction of sp³-hybridized carbons (Fsp3) is 0.471. The van der Waals surface area contributed by atoms with E-state index in [-0.39, 0.29) is 0 Å². The van der Waals surface area contributed by atoms with E-state index in [0.717, 1.165) is 19.4 Å². The van der Waals surface area contributed by atoms with Crippen LogP contribution in [0, 0.1) is 12.8 Å². The van der Waals surface area contributed by atoms with Gasteiger partial charge in [-0.2, -0.15) is 0 Å². The topological polar surface area (TPSA) is 29.9 Å². The Morgan fingerprint density at radius 2 is 2.00 bits per heavy atom. The number of aryl methyl sites for hydroxylation is 3. The van der Waals surface area contributed by atoms with E-state index in [0.29, 0.717) is 5.92 Å². The molecule has 0 aliphatic heterocycles. The third kappa shape index (κ3) is 4.20. The van der Waals surface area contributed by atoms with Gasteiger partial charge in [0.15, 0.2) is 0 Å². The lowest BCUT2D eigenvalue weighted by Crippen LogP contribution is -2.21. The lowest BCUT2D eigenvalue weighted by Gasteiger charge is -2.16. The van der Waals surface area contributed by atoms with Gasteiger partial charge in [0.25, 0.3) is 0 Å². The van der Waals surface area contributed by atoms with Gasteiger partial charge in [0, 0.05) is 25.9 Å². The summed E-state index contributed by atoms with van der Waals surface area (Å²) in [6.45, 7) is 3.19. The maximum absolute atomic E-state index is 4.41. The molecule has 3 heteroatoms. The smallest absolute Gasteiger partial charge is 0.108 e. The first-order valence-electron chi connectivity index (χ1n) is 7.35. The molecule has 1 unspecified atom stereocenters. The van der Waals surface area contributed by atoms with E-state index in [1.807, 2.05) is 19.4 Å². The highest BCUT2D eigenvalue weighted by atomic mass is 15.0. The Morgan fingerprint density at radius 3 is 2.60 bits per heavy atom. The molecule has 2 aromatic rings. The molecular formula is C17H25N3. The summed E-state index contributed by atoms with van der Waals surface area (Å²) in [7, 11) is 4.10. The highest BCUT2D eigenvalue weighted by Gasteiger charge is 2.11. The number of aromatic nitrogens is 2. The number of nitrogens with one attached hydrogen (secondary N) is 1. The van der Waals surface area contributed by atoms with E-state index in [2.05, 4.69) is 53.1 Å². The van der Waals surface area contributed by atoms with Crippen molar-refractivity contribution in [2.24, 2.45) is 13.0 Å². The van der Waals surface area contributed by atoms with Crippen LogP contribution in [0.3, 0.4) is 0 Å². The van der Waals surface area contributed by atoms with E-state index in [9.17, 15) is 0 Å². The lowest BCUT2D eigenvalue weighted by molar-refractivity contribution is 0.454. The largest absolute Gasteiger partial charge is 0.338 e. The molecule has 20 heavy (non-hydrogen) atoms. The Hall–Kier alpha value is -1.61. The van der Waals surface area contributed by atoms with E-state index in [1.165, 1.54) is 23.4 Å². The Labute approximate surface area is 122 Å². The van der Waals surface area contributed by atoms with Crippen molar-refractivity contribution in [1.29, 1.82) is 0 Å². The molecule has 1 aromatic heterocycles. The fourth-order valence-corrected chi connectivity index (χ4v) is 2.59. The summed E-state index contributed by atoms with van der Waals surface area (Å²) >= 11 is 0. The second-order valence-electron chi connectivity index (χ2n) is 5.61. The summed E-state index contributed by atoms with van der Waals surface area (Å²) in [5.41, 5.74) is 2.75. The number of rotatable bonds is 7. The molecule has 0 aliphatic carbocycles. The second-order valence-corrected chi connectivity index (χ2v) is 5.61. The number of nitrogens with zero attached hydrogens (tertiary/aromatic N) is 2. The first kappa shape index (κ1) is 14.8. The maximum Gasteiger partial charge on any atom is 0.108 e. The zero-order chi connectivity index (χ0) is 14.4. The van der Waals surface area contributed by atoms with Crippen molar-refractivity contribution in [1.82, 2.24) is 14.9 Å². The van der Waals surface area contributed by atoms with Crippen LogP contribution in [-0.2, 0) is 19.9 Å². The first-order valence-corrected chi connectivity index (χ1v) is 7.35. The molecule has 2 rings (SSSR count). The van der Waals surface area contributed by atoms with Gasteiger partial charge in [-0.3, -0.25) is 0 Å². The van der Waals surface area contributed by atoms with E-state index in [4.69, 9.17) is 0 Å². The molecule has 0 spiro atoms. The van der Waals surface area contributed by atoms with E-state index >= 15 is 0 Å². The number of imidazole rings is 1. The van der Waals surface area contributed by atoms with Crippen LogP contribution in [0.15, 0.2) is 36.7 Å². The van der Waals surface area contributed by atoms with Gasteiger partial charge in [0.1, 0.15) is 5.82 Å². The van der Waals surface area contributed by atoms with Crippen molar-refractivity contribution in [3.8, 4) is 0 Å². The SMILES string of the molecule is CNCC(CCc1nccn1C)Cc1ccc(C)cc1. The molecular weight excluding hydrogens is 246 g/mol. The molecule has 0 saturated heterocycles. The normalized spacial score (nSPS) is 12.6. The predicted molar refractivity (Wildman–Crippen MR) is 83.8 cm³/mol. The van der Waals surface area contributed by atoms with Crippen molar-refractivity contribution < 1.29 is 0 Å². The zero-order valence-corrected chi connectivity index (χ0v) is 12.8. The Bertz CT molecular complexity index is 513. The summed E-state index contributed by atoms with van der Waals surface area (Å²) < 4.78 is 2.11. The van der Waals surface area contributed by atoms with E-state index < -0.39 is 0 Å². The van der Waals surface area contributed by atoms with Crippen molar-refractivity contribution >= 4 is 0 Å². The molecule has 1 aromatic carbocycles. The summed E-state index contributed by atoms with van der Waals surface area (Å²) in [6, 6.07) is 8.90. The fourth-order valence-electron chi connectivity index (χ4n) is 2.59. The Kier molecular flexibility index (Phi) is 5.36. The van der Waals surface area contributed by atoms with Crippen molar-refractivity contribution in [2.75, 3.05) is 13.6 Å². The molecule has 0 bridgehead atoms. The van der Waals surface area contributed by atoms with Crippen LogP contribution < -0.4 is 5.32 Å². The average molecular weight is 271 g/mol. The zero-order valence-electron chi connectivity index (χ0n) is 12.8. The number of hydrogen-bond acceptors (Lipinski definition) is 2. The van der Waals surface area contributed by atoms with Gasteiger partial charge in [0.05, 0.1) is 0 Å². The van der Waals surface area contributed by atoms with Crippen molar-refractivity contribution in [3.63, 3.8) is 0 Å². The highest BCUT2D eigenvalue weighted by molar-refractivity contribution is 5.21. The molecule has 0 amide bonds. The quantitative estimate of drug-likeness (QED) is 0.839. The monoisotopic (exact) mass is 271 g/mol. The molecule has 1 heterocycles. The Balaban J connectivity index is 1.93. The Morgan fingerprint density at radius 1 is 1.25 bits per heavy atom. The van der Waals surface area contributed by atoms with Gasteiger partial charge >= 0.3 is 0 Å². The molecule has 1 N–H and O–H groups in total. The van der Waals surface area contributed by atoms with E-state index in [1.54, 1.807) is 0 Å². The first-order chi connectivity index (χ1) is 9.69. The maximum atomic E-state index is 4.41. The summed E-state index contributed by atoms with van der Waals surface area (Å²) in [6.07, 6.45) is 7.23. The minimum absolute atomic E-state index is 0.652. The number of hydrogen-bond donors (Lipinski definition) is 1. The second kappa shape index (κ2) is 7.25. The minimum Gasteiger partial charge on any atom is -0.338 e. The molecule has 108 valence electrons. The van der Waals surface area contributed by atoms with Crippen LogP contribution in [0.5, 0.6) is 0 Å². The van der Waals surface area contributed by atoms with Gasteiger partial charge < -0.3 is 9.88 Å². The van der Waals surface area contributed by atoms with Gasteiger partial charge in [0.2, 0.25) is 0 Å². The molecule has 3 nitrogen and oxygen atoms in total. The highest BCUT2D eigenvalue weighted by Crippen LogP contribution is 2.15. The lowest BCUT2D eigenvalue weighted by atomic mass is 9.94. The van der Waals surface area contributed by atoms with Gasteiger partial charge in [-0.15, -0.1) is 0 Å². The third-order valence-electron chi connectivity index (χ3n) is 3.83. The van der Waals surface area contributed by atoms with Gasteiger partial charge in [-0.25, -0.2) is 4.98 Å². The van der Waals surface area contributed by atoms with Crippen LogP contribution >= 0.6 is 0 Å². The summed E-state index contributed by atoms with van der Waals surface area (Å²) in [5.74, 6) is 1.83.